The molecule has 0 amide bonds. The van der Waals surface area contributed by atoms with Gasteiger partial charge in [-0.2, -0.15) is 13.2 Å². The molecule has 0 unspecified atom stereocenters. The summed E-state index contributed by atoms with van der Waals surface area (Å²) < 4.78 is 39.2. The van der Waals surface area contributed by atoms with Crippen LogP contribution in [0.25, 0.3) is 0 Å². The van der Waals surface area contributed by atoms with Gasteiger partial charge in [0, 0.05) is 11.6 Å². The van der Waals surface area contributed by atoms with Crippen molar-refractivity contribution < 1.29 is 17.9 Å². The highest BCUT2D eigenvalue weighted by Gasteiger charge is 2.33. The van der Waals surface area contributed by atoms with Crippen molar-refractivity contribution in [3.8, 4) is 0 Å². The molecule has 2 rings (SSSR count). The van der Waals surface area contributed by atoms with Gasteiger partial charge in [0.25, 0.3) is 0 Å². The average Bonchev–Trinajstić information content (AvgIpc) is 2.72. The Hall–Kier alpha value is -0.620. The molecule has 0 saturated carbocycles. The molecule has 6 heteroatoms. The van der Waals surface area contributed by atoms with Crippen LogP contribution in [0.5, 0.6) is 0 Å². The highest BCUT2D eigenvalue weighted by molar-refractivity contribution is 7.09. The minimum absolute atomic E-state index is 0.594. The molecule has 0 spiro atoms. The standard InChI is InChI=1S/C4H2F3NS.C2H4O/c5-4(6,7)3-8-1-2-9-3;1-2-3-1/h1-2H;1-2H2. The Morgan fingerprint density at radius 2 is 2.00 bits per heavy atom. The van der Waals surface area contributed by atoms with Crippen LogP contribution in [0.15, 0.2) is 11.6 Å². The fourth-order valence-electron chi connectivity index (χ4n) is 0.363. The first-order chi connectivity index (χ1) is 5.61. The van der Waals surface area contributed by atoms with Crippen LogP contribution in [0.2, 0.25) is 0 Å². The molecule has 0 N–H and O–H groups in total. The largest absolute Gasteiger partial charge is 0.443 e. The lowest BCUT2D eigenvalue weighted by atomic mass is 10.7. The Bertz CT molecular complexity index is 216. The maximum atomic E-state index is 11.6. The number of ether oxygens (including phenoxy) is 1. The molecule has 0 aliphatic carbocycles. The van der Waals surface area contributed by atoms with E-state index in [0.29, 0.717) is 11.3 Å². The summed E-state index contributed by atoms with van der Waals surface area (Å²) >= 11 is 0.594. The summed E-state index contributed by atoms with van der Waals surface area (Å²) in [6.45, 7) is 2.00. The fourth-order valence-corrected chi connectivity index (χ4v) is 0.869. The smallest absolute Gasteiger partial charge is 0.377 e. The van der Waals surface area contributed by atoms with Crippen LogP contribution < -0.4 is 0 Å². The Labute approximate surface area is 71.0 Å². The number of hydrogen-bond acceptors (Lipinski definition) is 3. The fraction of sp³-hybridized carbons (Fsp3) is 0.500. The van der Waals surface area contributed by atoms with Crippen LogP contribution >= 0.6 is 11.3 Å². The Kier molecular flexibility index (Phi) is 3.05. The minimum Gasteiger partial charge on any atom is -0.377 e. The minimum atomic E-state index is -4.27. The maximum Gasteiger partial charge on any atom is 0.443 e. The molecule has 1 aromatic rings. The summed E-state index contributed by atoms with van der Waals surface area (Å²) in [6.07, 6.45) is -3.14. The van der Waals surface area contributed by atoms with E-state index < -0.39 is 11.2 Å². The number of hydrogen-bond donors (Lipinski definition) is 0. The van der Waals surface area contributed by atoms with Crippen molar-refractivity contribution in [2.45, 2.75) is 6.18 Å². The third kappa shape index (κ3) is 3.68. The van der Waals surface area contributed by atoms with Crippen molar-refractivity contribution in [3.05, 3.63) is 16.6 Å². The highest BCUT2D eigenvalue weighted by Crippen LogP contribution is 2.30. The van der Waals surface area contributed by atoms with Crippen molar-refractivity contribution in [2.75, 3.05) is 13.2 Å². The second-order valence-corrected chi connectivity index (χ2v) is 2.84. The number of epoxide rings is 1. The van der Waals surface area contributed by atoms with Gasteiger partial charge in [-0.25, -0.2) is 4.98 Å². The first-order valence-corrected chi connectivity index (χ1v) is 4.03. The van der Waals surface area contributed by atoms with Gasteiger partial charge < -0.3 is 4.74 Å². The molecule has 2 heterocycles. The molecule has 68 valence electrons. The van der Waals surface area contributed by atoms with E-state index in [-0.39, 0.29) is 0 Å². The first-order valence-electron chi connectivity index (χ1n) is 3.15. The lowest BCUT2D eigenvalue weighted by Gasteiger charge is -1.97. The Balaban J connectivity index is 0.000000200. The Morgan fingerprint density at radius 3 is 2.17 bits per heavy atom. The zero-order chi connectivity index (χ0) is 9.03. The number of alkyl halides is 3. The van der Waals surface area contributed by atoms with Gasteiger partial charge in [-0.1, -0.05) is 0 Å². The maximum absolute atomic E-state index is 11.6. The van der Waals surface area contributed by atoms with Gasteiger partial charge in [0.15, 0.2) is 5.01 Å². The molecule has 1 aliphatic rings. The van der Waals surface area contributed by atoms with E-state index in [1.54, 1.807) is 0 Å². The zero-order valence-corrected chi connectivity index (χ0v) is 6.78. The molecule has 1 aromatic heterocycles. The molecule has 12 heavy (non-hydrogen) atoms. The van der Waals surface area contributed by atoms with Crippen molar-refractivity contribution in [1.29, 1.82) is 0 Å². The number of rotatable bonds is 0. The van der Waals surface area contributed by atoms with E-state index in [4.69, 9.17) is 0 Å². The lowest BCUT2D eigenvalue weighted by molar-refractivity contribution is -0.137. The number of thiazole rings is 1. The molecular formula is C6H6F3NOS. The summed E-state index contributed by atoms with van der Waals surface area (Å²) in [6, 6.07) is 0. The van der Waals surface area contributed by atoms with Crippen molar-refractivity contribution in [2.24, 2.45) is 0 Å². The van der Waals surface area contributed by atoms with E-state index in [2.05, 4.69) is 9.72 Å². The van der Waals surface area contributed by atoms with E-state index in [9.17, 15) is 13.2 Å². The van der Waals surface area contributed by atoms with Crippen LogP contribution in [0.4, 0.5) is 13.2 Å². The van der Waals surface area contributed by atoms with Gasteiger partial charge in [0.2, 0.25) is 0 Å². The Morgan fingerprint density at radius 1 is 1.42 bits per heavy atom. The molecule has 0 atom stereocenters. The molecule has 1 saturated heterocycles. The zero-order valence-electron chi connectivity index (χ0n) is 5.97. The molecule has 1 aliphatic heterocycles. The van der Waals surface area contributed by atoms with Crippen molar-refractivity contribution >= 4 is 11.3 Å². The third-order valence-electron chi connectivity index (χ3n) is 0.879. The second-order valence-electron chi connectivity index (χ2n) is 1.95. The van der Waals surface area contributed by atoms with Gasteiger partial charge in [0.05, 0.1) is 13.2 Å². The SMILES string of the molecule is C1CO1.FC(F)(F)c1nccs1. The molecule has 0 aromatic carbocycles. The van der Waals surface area contributed by atoms with Gasteiger partial charge in [-0.05, 0) is 0 Å². The van der Waals surface area contributed by atoms with Crippen LogP contribution in [0.3, 0.4) is 0 Å². The third-order valence-corrected chi connectivity index (χ3v) is 1.70. The molecular weight excluding hydrogens is 191 g/mol. The van der Waals surface area contributed by atoms with E-state index in [1.807, 2.05) is 0 Å². The monoisotopic (exact) mass is 197 g/mol. The number of aromatic nitrogens is 1. The lowest BCUT2D eigenvalue weighted by Crippen LogP contribution is -2.02. The van der Waals surface area contributed by atoms with Crippen LogP contribution in [-0.2, 0) is 10.9 Å². The quantitative estimate of drug-likeness (QED) is 0.595. The van der Waals surface area contributed by atoms with E-state index in [0.717, 1.165) is 19.4 Å². The molecule has 0 bridgehead atoms. The topological polar surface area (TPSA) is 25.4 Å². The average molecular weight is 197 g/mol. The van der Waals surface area contributed by atoms with Gasteiger partial charge in [-0.3, -0.25) is 0 Å². The molecule has 1 fully saturated rings. The van der Waals surface area contributed by atoms with Crippen molar-refractivity contribution in [1.82, 2.24) is 4.98 Å². The van der Waals surface area contributed by atoms with Crippen LogP contribution in [0.1, 0.15) is 5.01 Å². The molecule has 0 radical (unpaired) electrons. The molecule has 2 nitrogen and oxygen atoms in total. The summed E-state index contributed by atoms with van der Waals surface area (Å²) in [5, 5.41) is 0.505. The van der Waals surface area contributed by atoms with Crippen molar-refractivity contribution in [3.63, 3.8) is 0 Å². The first kappa shape index (κ1) is 9.47. The van der Waals surface area contributed by atoms with Crippen LogP contribution in [-0.4, -0.2) is 18.2 Å². The normalized spacial score (nSPS) is 14.9. The van der Waals surface area contributed by atoms with Gasteiger partial charge in [-0.15, -0.1) is 11.3 Å². The number of halogens is 3. The summed E-state index contributed by atoms with van der Waals surface area (Å²) in [7, 11) is 0. The predicted molar refractivity (Wildman–Crippen MR) is 37.9 cm³/mol. The second kappa shape index (κ2) is 3.86. The summed E-state index contributed by atoms with van der Waals surface area (Å²) in [5.41, 5.74) is 0. The van der Waals surface area contributed by atoms with Gasteiger partial charge >= 0.3 is 6.18 Å². The summed E-state index contributed by atoms with van der Waals surface area (Å²) in [5.74, 6) is 0. The van der Waals surface area contributed by atoms with Crippen LogP contribution in [0, 0.1) is 0 Å². The predicted octanol–water partition coefficient (Wildman–Crippen LogP) is 2.18. The highest BCUT2D eigenvalue weighted by atomic mass is 32.1. The van der Waals surface area contributed by atoms with Gasteiger partial charge in [0.1, 0.15) is 0 Å². The number of nitrogens with zero attached hydrogens (tertiary/aromatic N) is 1. The van der Waals surface area contributed by atoms with E-state index >= 15 is 0 Å². The van der Waals surface area contributed by atoms with E-state index in [1.165, 1.54) is 5.38 Å². The summed E-state index contributed by atoms with van der Waals surface area (Å²) in [4.78, 5) is 3.08.